The van der Waals surface area contributed by atoms with Crippen LogP contribution in [0.5, 0.6) is 0 Å². The second-order valence-electron chi connectivity index (χ2n) is 12.4. The average Bonchev–Trinajstić information content (AvgIpc) is 3.56. The van der Waals surface area contributed by atoms with Crippen LogP contribution < -0.4 is 9.80 Å². The van der Waals surface area contributed by atoms with E-state index >= 15 is 0 Å². The maximum Gasteiger partial charge on any atom is 0.247 e. The van der Waals surface area contributed by atoms with Crippen molar-refractivity contribution in [3.63, 3.8) is 0 Å². The molecule has 2 aromatic carbocycles. The summed E-state index contributed by atoms with van der Waals surface area (Å²) in [6.45, 7) is 20.7. The summed E-state index contributed by atoms with van der Waals surface area (Å²) < 4.78 is 0. The fourth-order valence-electron chi connectivity index (χ4n) is 4.04. The van der Waals surface area contributed by atoms with Gasteiger partial charge < -0.3 is 9.80 Å². The van der Waals surface area contributed by atoms with E-state index in [1.54, 1.807) is 0 Å². The Bertz CT molecular complexity index is 1050. The van der Waals surface area contributed by atoms with Crippen molar-refractivity contribution in [2.75, 3.05) is 22.9 Å². The number of carbonyl (C=O) groups is 2. The molecule has 2 aliphatic heterocycles. The summed E-state index contributed by atoms with van der Waals surface area (Å²) >= 11 is 0. The molecule has 2 aromatic rings. The molecule has 0 radical (unpaired) electrons. The Morgan fingerprint density at radius 3 is 1.16 bits per heavy atom. The molecule has 2 aliphatic rings. The molecule has 0 unspecified atom stereocenters. The molecule has 0 bridgehead atoms. The molecule has 170 valence electrons. The van der Waals surface area contributed by atoms with E-state index in [1.165, 1.54) is 11.1 Å². The highest BCUT2D eigenvalue weighted by Gasteiger charge is 2.40. The van der Waals surface area contributed by atoms with E-state index in [4.69, 9.17) is 0 Å². The van der Waals surface area contributed by atoms with Gasteiger partial charge in [-0.15, -0.1) is 0 Å². The number of hydrogen-bond acceptors (Lipinski definition) is 2. The van der Waals surface area contributed by atoms with E-state index in [-0.39, 0.29) is 28.1 Å². The predicted octanol–water partition coefficient (Wildman–Crippen LogP) is 5.94. The van der Waals surface area contributed by atoms with Gasteiger partial charge in [0.05, 0.1) is 11.4 Å². The number of anilines is 2. The Hall–Kier alpha value is -2.62. The van der Waals surface area contributed by atoms with Crippen molar-refractivity contribution in [2.24, 2.45) is 0 Å². The van der Waals surface area contributed by atoms with E-state index in [2.05, 4.69) is 92.6 Å². The molecule has 0 saturated carbocycles. The lowest BCUT2D eigenvalue weighted by Gasteiger charge is -2.28. The number of rotatable bonds is 3. The maximum absolute atomic E-state index is 12.3. The lowest BCUT2D eigenvalue weighted by atomic mass is 9.78. The third-order valence-corrected chi connectivity index (χ3v) is 6.48. The quantitative estimate of drug-likeness (QED) is 0.563. The Morgan fingerprint density at radius 1 is 0.562 bits per heavy atom. The fourth-order valence-corrected chi connectivity index (χ4v) is 4.04. The molecule has 0 aliphatic carbocycles. The number of nitrogens with zero attached hydrogens (tertiary/aromatic N) is 2. The number of benzene rings is 2. The zero-order valence-corrected chi connectivity index (χ0v) is 21.0. The summed E-state index contributed by atoms with van der Waals surface area (Å²) in [5.41, 5.74) is 7.42. The molecule has 0 N–H and O–H groups in total. The van der Waals surface area contributed by atoms with Gasteiger partial charge in [0.2, 0.25) is 11.8 Å². The van der Waals surface area contributed by atoms with Crippen molar-refractivity contribution in [3.05, 3.63) is 47.0 Å². The molecule has 32 heavy (non-hydrogen) atoms. The van der Waals surface area contributed by atoms with Crippen molar-refractivity contribution in [2.45, 2.75) is 78.6 Å². The van der Waals surface area contributed by atoms with Crippen LogP contribution in [0.4, 0.5) is 11.4 Å². The van der Waals surface area contributed by atoms with Crippen LogP contribution in [0.1, 0.15) is 79.0 Å². The zero-order valence-electron chi connectivity index (χ0n) is 21.0. The Balaban J connectivity index is 2.05. The van der Waals surface area contributed by atoms with E-state index in [0.29, 0.717) is 13.1 Å². The maximum atomic E-state index is 12.3. The van der Waals surface area contributed by atoms with Crippen LogP contribution in [0.15, 0.2) is 30.3 Å². The lowest BCUT2D eigenvalue weighted by molar-refractivity contribution is -0.110. The van der Waals surface area contributed by atoms with Gasteiger partial charge in [0, 0.05) is 5.56 Å². The molecule has 4 rings (SSSR count). The molecule has 4 nitrogen and oxygen atoms in total. The van der Waals surface area contributed by atoms with Gasteiger partial charge in [0.1, 0.15) is 13.1 Å². The number of carbonyl (C=O) groups excluding carboxylic acids is 2. The van der Waals surface area contributed by atoms with Crippen molar-refractivity contribution < 1.29 is 9.59 Å². The van der Waals surface area contributed by atoms with E-state index < -0.39 is 0 Å². The van der Waals surface area contributed by atoms with Gasteiger partial charge in [-0.1, -0.05) is 80.5 Å². The van der Waals surface area contributed by atoms with Crippen LogP contribution in [0.2, 0.25) is 0 Å². The Kier molecular flexibility index (Phi) is 4.89. The van der Waals surface area contributed by atoms with Gasteiger partial charge >= 0.3 is 0 Å². The Morgan fingerprint density at radius 2 is 0.875 bits per heavy atom. The molecule has 2 heterocycles. The highest BCUT2D eigenvalue weighted by Crippen LogP contribution is 2.48. The van der Waals surface area contributed by atoms with Crippen LogP contribution in [0, 0.1) is 0 Å². The third-order valence-electron chi connectivity index (χ3n) is 6.48. The van der Waals surface area contributed by atoms with Crippen molar-refractivity contribution >= 4 is 23.2 Å². The second-order valence-corrected chi connectivity index (χ2v) is 12.4. The molecular formula is C28H36N2O2. The van der Waals surface area contributed by atoms with Gasteiger partial charge in [0.15, 0.2) is 0 Å². The van der Waals surface area contributed by atoms with Crippen molar-refractivity contribution in [1.82, 2.24) is 0 Å². The standard InChI is InChI=1S/C28H36N2O2/c1-26(2,3)18-10-17(11-19(12-18)27(4,5)6)25-21(29-15-23(29)31)13-20(28(7,8)9)14-22(25)30-16-24(30)32/h10-14H,15-16H2,1-9H3. The molecule has 4 heteroatoms. The normalized spacial score (nSPS) is 16.7. The van der Waals surface area contributed by atoms with Gasteiger partial charge in [-0.25, -0.2) is 0 Å². The first-order valence-electron chi connectivity index (χ1n) is 11.5. The minimum Gasteiger partial charge on any atom is -0.301 e. The average molecular weight is 433 g/mol. The first-order chi connectivity index (χ1) is 14.6. The first-order valence-corrected chi connectivity index (χ1v) is 11.5. The molecule has 0 atom stereocenters. The van der Waals surface area contributed by atoms with E-state index in [1.807, 2.05) is 9.80 Å². The topological polar surface area (TPSA) is 40.2 Å². The number of amides is 2. The SMILES string of the molecule is CC(C)(C)c1cc(-c2c(N3CC3=O)cc(C(C)(C)C)cc2N2CC2=O)cc(C(C)(C)C)c1. The van der Waals surface area contributed by atoms with Crippen molar-refractivity contribution in [1.29, 1.82) is 0 Å². The summed E-state index contributed by atoms with van der Waals surface area (Å²) in [5, 5.41) is 0. The zero-order chi connectivity index (χ0) is 23.8. The second kappa shape index (κ2) is 6.94. The Labute approximate surface area is 192 Å². The van der Waals surface area contributed by atoms with Crippen LogP contribution in [0.25, 0.3) is 11.1 Å². The first kappa shape index (κ1) is 22.6. The summed E-state index contributed by atoms with van der Waals surface area (Å²) in [6, 6.07) is 11.1. The molecule has 0 aromatic heterocycles. The third kappa shape index (κ3) is 4.20. The lowest BCUT2D eigenvalue weighted by Crippen LogP contribution is -2.17. The van der Waals surface area contributed by atoms with Crippen LogP contribution in [-0.2, 0) is 25.8 Å². The van der Waals surface area contributed by atoms with Crippen LogP contribution in [0.3, 0.4) is 0 Å². The monoisotopic (exact) mass is 432 g/mol. The summed E-state index contributed by atoms with van der Waals surface area (Å²) in [6.07, 6.45) is 0. The van der Waals surface area contributed by atoms with E-state index in [9.17, 15) is 9.59 Å². The minimum absolute atomic E-state index is 0.0208. The molecule has 2 fully saturated rings. The summed E-state index contributed by atoms with van der Waals surface area (Å²) in [7, 11) is 0. The smallest absolute Gasteiger partial charge is 0.247 e. The fraction of sp³-hybridized carbons (Fsp3) is 0.500. The van der Waals surface area contributed by atoms with E-state index in [0.717, 1.165) is 28.1 Å². The highest BCUT2D eigenvalue weighted by atomic mass is 16.2. The van der Waals surface area contributed by atoms with Gasteiger partial charge in [-0.05, 0) is 50.6 Å². The molecular weight excluding hydrogens is 396 g/mol. The van der Waals surface area contributed by atoms with Crippen molar-refractivity contribution in [3.8, 4) is 11.1 Å². The predicted molar refractivity (Wildman–Crippen MR) is 133 cm³/mol. The van der Waals surface area contributed by atoms with Gasteiger partial charge in [-0.2, -0.15) is 0 Å². The molecule has 2 amide bonds. The van der Waals surface area contributed by atoms with Crippen LogP contribution >= 0.6 is 0 Å². The van der Waals surface area contributed by atoms with Crippen LogP contribution in [-0.4, -0.2) is 24.9 Å². The number of hydrogen-bond donors (Lipinski definition) is 0. The molecule has 2 saturated heterocycles. The minimum atomic E-state index is -0.0933. The summed E-state index contributed by atoms with van der Waals surface area (Å²) in [4.78, 5) is 28.3. The van der Waals surface area contributed by atoms with Gasteiger partial charge in [0.25, 0.3) is 0 Å². The van der Waals surface area contributed by atoms with Gasteiger partial charge in [-0.3, -0.25) is 9.59 Å². The highest BCUT2D eigenvalue weighted by molar-refractivity contribution is 6.19. The largest absolute Gasteiger partial charge is 0.301 e. The molecule has 0 spiro atoms. The summed E-state index contributed by atoms with van der Waals surface area (Å²) in [5.74, 6) is 0.256.